The van der Waals surface area contributed by atoms with Gasteiger partial charge in [0.05, 0.1) is 0 Å². The van der Waals surface area contributed by atoms with E-state index in [4.69, 9.17) is 10.9 Å². The second-order valence-corrected chi connectivity index (χ2v) is 5.72. The molecule has 0 aliphatic rings. The summed E-state index contributed by atoms with van der Waals surface area (Å²) < 4.78 is 1.66. The number of hydrogen-bond acceptors (Lipinski definition) is 3. The van der Waals surface area contributed by atoms with Gasteiger partial charge in [0.1, 0.15) is 5.84 Å². The number of carbonyl (C=O) groups excluding carboxylic acids is 1. The molecule has 0 atom stereocenters. The topological polar surface area (TPSA) is 78.9 Å². The quantitative estimate of drug-likeness (QED) is 0.350. The number of carbonyl (C=O) groups is 1. The lowest BCUT2D eigenvalue weighted by Crippen LogP contribution is -2.34. The molecule has 0 heterocycles. The molecule has 104 valence electrons. The van der Waals surface area contributed by atoms with Gasteiger partial charge in [-0.05, 0) is 25.1 Å². The Bertz CT molecular complexity index is 472. The lowest BCUT2D eigenvalue weighted by atomic mass is 10.2. The SMILES string of the molecule is CCN(CC/C(N)=N/O)C(=O)c1cc(Br)cc(Br)c1. The Morgan fingerprint density at radius 3 is 2.42 bits per heavy atom. The highest BCUT2D eigenvalue weighted by Gasteiger charge is 2.15. The van der Waals surface area contributed by atoms with Gasteiger partial charge in [0.2, 0.25) is 0 Å². The molecule has 1 amide bonds. The van der Waals surface area contributed by atoms with Crippen LogP contribution < -0.4 is 5.73 Å². The first-order valence-electron chi connectivity index (χ1n) is 5.69. The molecule has 0 bridgehead atoms. The molecule has 0 saturated carbocycles. The molecule has 0 aliphatic carbocycles. The van der Waals surface area contributed by atoms with Crippen molar-refractivity contribution in [3.05, 3.63) is 32.7 Å². The Kier molecular flexibility index (Phi) is 6.30. The van der Waals surface area contributed by atoms with E-state index in [0.717, 1.165) is 8.95 Å². The molecular weight excluding hydrogens is 378 g/mol. The Hall–Kier alpha value is -1.08. The van der Waals surface area contributed by atoms with Gasteiger partial charge in [0.25, 0.3) is 5.91 Å². The minimum absolute atomic E-state index is 0.0877. The van der Waals surface area contributed by atoms with Crippen LogP contribution in [0.3, 0.4) is 0 Å². The standard InChI is InChI=1S/C12H15Br2N3O2/c1-2-17(4-3-11(15)16-19)12(18)8-5-9(13)7-10(14)6-8/h5-7,19H,2-4H2,1H3,(H2,15,16). The molecule has 1 rings (SSSR count). The van der Waals surface area contributed by atoms with Crippen LogP contribution in [0.25, 0.3) is 0 Å². The Morgan fingerprint density at radius 1 is 1.37 bits per heavy atom. The number of nitrogens with two attached hydrogens (primary N) is 1. The third-order valence-corrected chi connectivity index (χ3v) is 3.46. The number of nitrogens with zero attached hydrogens (tertiary/aromatic N) is 2. The third kappa shape index (κ3) is 4.83. The molecule has 5 nitrogen and oxygen atoms in total. The Labute approximate surface area is 128 Å². The van der Waals surface area contributed by atoms with Crippen LogP contribution in [0, 0.1) is 0 Å². The first kappa shape index (κ1) is 16.0. The molecule has 0 spiro atoms. The fourth-order valence-corrected chi connectivity index (χ4v) is 2.86. The van der Waals surface area contributed by atoms with Crippen LogP contribution >= 0.6 is 31.9 Å². The van der Waals surface area contributed by atoms with E-state index in [1.165, 1.54) is 0 Å². The summed E-state index contributed by atoms with van der Waals surface area (Å²) in [6.07, 6.45) is 0.339. The van der Waals surface area contributed by atoms with E-state index >= 15 is 0 Å². The number of amidine groups is 1. The maximum atomic E-state index is 12.3. The number of rotatable bonds is 5. The third-order valence-electron chi connectivity index (χ3n) is 2.54. The van der Waals surface area contributed by atoms with E-state index in [9.17, 15) is 4.79 Å². The summed E-state index contributed by atoms with van der Waals surface area (Å²) in [7, 11) is 0. The maximum Gasteiger partial charge on any atom is 0.253 e. The summed E-state index contributed by atoms with van der Waals surface area (Å²) in [6.45, 7) is 2.86. The van der Waals surface area contributed by atoms with Gasteiger partial charge in [-0.2, -0.15) is 0 Å². The average molecular weight is 393 g/mol. The van der Waals surface area contributed by atoms with E-state index in [2.05, 4.69) is 37.0 Å². The number of hydrogen-bond donors (Lipinski definition) is 2. The first-order valence-corrected chi connectivity index (χ1v) is 7.28. The Balaban J connectivity index is 2.83. The fraction of sp³-hybridized carbons (Fsp3) is 0.333. The van der Waals surface area contributed by atoms with E-state index in [0.29, 0.717) is 25.1 Å². The number of halogens is 2. The highest BCUT2D eigenvalue weighted by molar-refractivity contribution is 9.11. The van der Waals surface area contributed by atoms with Crippen LogP contribution in [-0.2, 0) is 0 Å². The second-order valence-electron chi connectivity index (χ2n) is 3.88. The van der Waals surface area contributed by atoms with Gasteiger partial charge in [0, 0.05) is 34.0 Å². The van der Waals surface area contributed by atoms with Crippen molar-refractivity contribution >= 4 is 43.6 Å². The van der Waals surface area contributed by atoms with Crippen molar-refractivity contribution in [2.45, 2.75) is 13.3 Å². The molecule has 0 unspecified atom stereocenters. The lowest BCUT2D eigenvalue weighted by molar-refractivity contribution is 0.0768. The van der Waals surface area contributed by atoms with Gasteiger partial charge >= 0.3 is 0 Å². The molecule has 0 aliphatic heterocycles. The predicted molar refractivity (Wildman–Crippen MR) is 81.4 cm³/mol. The Morgan fingerprint density at radius 2 is 1.95 bits per heavy atom. The van der Waals surface area contributed by atoms with E-state index in [1.54, 1.807) is 17.0 Å². The van der Waals surface area contributed by atoms with Crippen molar-refractivity contribution in [2.75, 3.05) is 13.1 Å². The molecule has 0 fully saturated rings. The van der Waals surface area contributed by atoms with Gasteiger partial charge in [-0.1, -0.05) is 37.0 Å². The van der Waals surface area contributed by atoms with Crippen LogP contribution in [0.1, 0.15) is 23.7 Å². The van der Waals surface area contributed by atoms with Crippen molar-refractivity contribution in [3.8, 4) is 0 Å². The van der Waals surface area contributed by atoms with Crippen molar-refractivity contribution in [1.29, 1.82) is 0 Å². The normalized spacial score (nSPS) is 11.4. The lowest BCUT2D eigenvalue weighted by Gasteiger charge is -2.20. The smallest absolute Gasteiger partial charge is 0.253 e. The molecule has 3 N–H and O–H groups in total. The van der Waals surface area contributed by atoms with E-state index in [1.807, 2.05) is 13.0 Å². The summed E-state index contributed by atoms with van der Waals surface area (Å²) >= 11 is 6.71. The van der Waals surface area contributed by atoms with Crippen molar-refractivity contribution < 1.29 is 10.0 Å². The van der Waals surface area contributed by atoms with Gasteiger partial charge in [-0.3, -0.25) is 4.79 Å². The van der Waals surface area contributed by atoms with Crippen LogP contribution in [0.2, 0.25) is 0 Å². The largest absolute Gasteiger partial charge is 0.409 e. The second kappa shape index (κ2) is 7.49. The summed E-state index contributed by atoms with van der Waals surface area (Å²) in [5.41, 5.74) is 6.00. The van der Waals surface area contributed by atoms with Crippen molar-refractivity contribution in [3.63, 3.8) is 0 Å². The zero-order valence-electron chi connectivity index (χ0n) is 10.4. The van der Waals surface area contributed by atoms with Crippen molar-refractivity contribution in [2.24, 2.45) is 10.9 Å². The van der Waals surface area contributed by atoms with Crippen LogP contribution in [-0.4, -0.2) is 34.9 Å². The van der Waals surface area contributed by atoms with Crippen LogP contribution in [0.4, 0.5) is 0 Å². The number of benzene rings is 1. The number of amides is 1. The van der Waals surface area contributed by atoms with Crippen LogP contribution in [0.5, 0.6) is 0 Å². The average Bonchev–Trinajstić information content (AvgIpc) is 2.37. The van der Waals surface area contributed by atoms with Gasteiger partial charge in [0.15, 0.2) is 0 Å². The summed E-state index contributed by atoms with van der Waals surface area (Å²) in [6, 6.07) is 5.39. The molecule has 0 radical (unpaired) electrons. The molecule has 0 saturated heterocycles. The van der Waals surface area contributed by atoms with Crippen LogP contribution in [0.15, 0.2) is 32.3 Å². The maximum absolute atomic E-state index is 12.3. The predicted octanol–water partition coefficient (Wildman–Crippen LogP) is 2.81. The molecule has 0 aromatic heterocycles. The minimum atomic E-state index is -0.0877. The van der Waals surface area contributed by atoms with E-state index < -0.39 is 0 Å². The summed E-state index contributed by atoms with van der Waals surface area (Å²) in [4.78, 5) is 14.0. The van der Waals surface area contributed by atoms with Crippen molar-refractivity contribution in [1.82, 2.24) is 4.90 Å². The summed E-state index contributed by atoms with van der Waals surface area (Å²) in [5.74, 6) is 0.0249. The summed E-state index contributed by atoms with van der Waals surface area (Å²) in [5, 5.41) is 11.4. The highest BCUT2D eigenvalue weighted by atomic mass is 79.9. The monoisotopic (exact) mass is 391 g/mol. The molecular formula is C12H15Br2N3O2. The zero-order valence-corrected chi connectivity index (χ0v) is 13.6. The molecule has 1 aromatic carbocycles. The van der Waals surface area contributed by atoms with Gasteiger partial charge in [-0.25, -0.2) is 0 Å². The number of oxime groups is 1. The van der Waals surface area contributed by atoms with E-state index in [-0.39, 0.29) is 11.7 Å². The zero-order chi connectivity index (χ0) is 14.4. The minimum Gasteiger partial charge on any atom is -0.409 e. The first-order chi connectivity index (χ1) is 8.97. The highest BCUT2D eigenvalue weighted by Crippen LogP contribution is 2.21. The fourth-order valence-electron chi connectivity index (χ4n) is 1.56. The molecule has 7 heteroatoms. The molecule has 19 heavy (non-hydrogen) atoms. The van der Waals surface area contributed by atoms with Gasteiger partial charge < -0.3 is 15.8 Å². The van der Waals surface area contributed by atoms with Gasteiger partial charge in [-0.15, -0.1) is 0 Å². The molecule has 1 aromatic rings.